The van der Waals surface area contributed by atoms with Crippen LogP contribution in [0.15, 0.2) is 30.5 Å². The summed E-state index contributed by atoms with van der Waals surface area (Å²) in [6.07, 6.45) is 1.88. The van der Waals surface area contributed by atoms with Crippen molar-refractivity contribution in [3.05, 3.63) is 57.5 Å². The summed E-state index contributed by atoms with van der Waals surface area (Å²) in [5.74, 6) is -0.239. The molecule has 2 aromatic heterocycles. The van der Waals surface area contributed by atoms with Crippen molar-refractivity contribution in [2.24, 2.45) is 7.05 Å². The fraction of sp³-hybridized carbons (Fsp3) is 0.188. The van der Waals surface area contributed by atoms with Gasteiger partial charge in [0, 0.05) is 30.9 Å². The Morgan fingerprint density at radius 1 is 1.29 bits per heavy atom. The van der Waals surface area contributed by atoms with Crippen LogP contribution >= 0.6 is 23.2 Å². The quantitative estimate of drug-likeness (QED) is 0.746. The number of benzene rings is 1. The highest BCUT2D eigenvalue weighted by Gasteiger charge is 2.13. The maximum Gasteiger partial charge on any atom is 0.269 e. The molecule has 0 spiro atoms. The Labute approximate surface area is 148 Å². The molecule has 24 heavy (non-hydrogen) atoms. The maximum absolute atomic E-state index is 12.2. The molecule has 6 nitrogen and oxygen atoms in total. The van der Waals surface area contributed by atoms with E-state index in [1.165, 1.54) is 0 Å². The second-order valence-corrected chi connectivity index (χ2v) is 6.21. The number of aromatic amines is 1. The van der Waals surface area contributed by atoms with Gasteiger partial charge in [0.2, 0.25) is 0 Å². The number of nitrogens with zero attached hydrogens (tertiary/aromatic N) is 3. The third-order valence-corrected chi connectivity index (χ3v) is 4.33. The van der Waals surface area contributed by atoms with Crippen LogP contribution in [0.1, 0.15) is 21.7 Å². The van der Waals surface area contributed by atoms with Gasteiger partial charge in [-0.2, -0.15) is 10.2 Å². The molecule has 1 amide bonds. The highest BCUT2D eigenvalue weighted by molar-refractivity contribution is 6.42. The number of H-pyrrole nitrogens is 1. The van der Waals surface area contributed by atoms with Crippen LogP contribution in [0.3, 0.4) is 0 Å². The molecule has 124 valence electrons. The summed E-state index contributed by atoms with van der Waals surface area (Å²) >= 11 is 11.9. The number of halogens is 2. The van der Waals surface area contributed by atoms with Crippen LogP contribution in [-0.4, -0.2) is 25.9 Å². The van der Waals surface area contributed by atoms with Gasteiger partial charge in [-0.1, -0.05) is 29.3 Å². The Balaban J connectivity index is 1.71. The van der Waals surface area contributed by atoms with Gasteiger partial charge in [0.05, 0.1) is 21.4 Å². The first kappa shape index (κ1) is 16.5. The topological polar surface area (TPSA) is 75.6 Å². The van der Waals surface area contributed by atoms with Crippen molar-refractivity contribution in [2.45, 2.75) is 13.5 Å². The molecule has 1 aromatic carbocycles. The number of carbonyl (C=O) groups is 1. The number of aromatic nitrogens is 4. The van der Waals surface area contributed by atoms with Gasteiger partial charge in [-0.05, 0) is 25.1 Å². The Morgan fingerprint density at radius 2 is 2.08 bits per heavy atom. The second-order valence-electron chi connectivity index (χ2n) is 5.39. The molecule has 2 N–H and O–H groups in total. The van der Waals surface area contributed by atoms with Crippen LogP contribution < -0.4 is 5.32 Å². The molecule has 8 heteroatoms. The average molecular weight is 364 g/mol. The van der Waals surface area contributed by atoms with Crippen LogP contribution in [0.25, 0.3) is 11.3 Å². The minimum absolute atomic E-state index is 0.239. The predicted octanol–water partition coefficient (Wildman–Crippen LogP) is 3.36. The lowest BCUT2D eigenvalue weighted by Crippen LogP contribution is -2.23. The lowest BCUT2D eigenvalue weighted by Gasteiger charge is -2.01. The van der Waals surface area contributed by atoms with Gasteiger partial charge < -0.3 is 5.32 Å². The first-order chi connectivity index (χ1) is 11.4. The van der Waals surface area contributed by atoms with Crippen LogP contribution in [0, 0.1) is 6.92 Å². The van der Waals surface area contributed by atoms with E-state index in [1.807, 2.05) is 20.2 Å². The van der Waals surface area contributed by atoms with E-state index >= 15 is 0 Å². The number of hydrogen-bond donors (Lipinski definition) is 2. The van der Waals surface area contributed by atoms with E-state index in [-0.39, 0.29) is 5.91 Å². The Hall–Kier alpha value is -2.31. The van der Waals surface area contributed by atoms with Crippen molar-refractivity contribution >= 4 is 29.1 Å². The number of amides is 1. The Kier molecular flexibility index (Phi) is 4.59. The summed E-state index contributed by atoms with van der Waals surface area (Å²) in [5.41, 5.74) is 3.63. The minimum atomic E-state index is -0.239. The largest absolute Gasteiger partial charge is 0.347 e. The molecule has 0 aliphatic carbocycles. The molecule has 3 aromatic rings. The lowest BCUT2D eigenvalue weighted by atomic mass is 10.1. The zero-order valence-corrected chi connectivity index (χ0v) is 14.6. The normalized spacial score (nSPS) is 10.8. The van der Waals surface area contributed by atoms with Crippen molar-refractivity contribution in [2.75, 3.05) is 0 Å². The zero-order chi connectivity index (χ0) is 17.3. The van der Waals surface area contributed by atoms with Crippen molar-refractivity contribution in [1.29, 1.82) is 0 Å². The Bertz CT molecular complexity index is 900. The molecule has 0 saturated carbocycles. The van der Waals surface area contributed by atoms with Crippen molar-refractivity contribution < 1.29 is 4.79 Å². The maximum atomic E-state index is 12.2. The monoisotopic (exact) mass is 363 g/mol. The van der Waals surface area contributed by atoms with Crippen LogP contribution in [0.5, 0.6) is 0 Å². The number of nitrogens with one attached hydrogen (secondary N) is 2. The number of rotatable bonds is 4. The van der Waals surface area contributed by atoms with E-state index in [0.29, 0.717) is 28.0 Å². The predicted molar refractivity (Wildman–Crippen MR) is 93.2 cm³/mol. The molecule has 0 fully saturated rings. The van der Waals surface area contributed by atoms with E-state index in [1.54, 1.807) is 28.9 Å². The molecular weight excluding hydrogens is 349 g/mol. The highest BCUT2D eigenvalue weighted by Crippen LogP contribution is 2.27. The van der Waals surface area contributed by atoms with Crippen LogP contribution in [-0.2, 0) is 13.6 Å². The number of aryl methyl sites for hydroxylation is 2. The number of carbonyl (C=O) groups excluding carboxylic acids is 1. The van der Waals surface area contributed by atoms with E-state index < -0.39 is 0 Å². The molecule has 0 unspecified atom stereocenters. The fourth-order valence-corrected chi connectivity index (χ4v) is 2.63. The van der Waals surface area contributed by atoms with Crippen LogP contribution in [0.4, 0.5) is 0 Å². The summed E-state index contributed by atoms with van der Waals surface area (Å²) in [7, 11) is 1.84. The molecule has 0 atom stereocenters. The molecule has 0 bridgehead atoms. The molecule has 0 aliphatic heterocycles. The van der Waals surface area contributed by atoms with E-state index in [9.17, 15) is 4.79 Å². The van der Waals surface area contributed by atoms with Gasteiger partial charge in [-0.25, -0.2) is 0 Å². The number of hydrogen-bond acceptors (Lipinski definition) is 3. The van der Waals surface area contributed by atoms with E-state index in [2.05, 4.69) is 20.6 Å². The summed E-state index contributed by atoms with van der Waals surface area (Å²) in [5, 5.41) is 14.9. The van der Waals surface area contributed by atoms with Gasteiger partial charge in [-0.3, -0.25) is 14.6 Å². The van der Waals surface area contributed by atoms with Gasteiger partial charge in [0.25, 0.3) is 5.91 Å². The summed E-state index contributed by atoms with van der Waals surface area (Å²) in [6.45, 7) is 2.31. The van der Waals surface area contributed by atoms with Gasteiger partial charge >= 0.3 is 0 Å². The molecule has 2 heterocycles. The SMILES string of the molecule is Cc1nn(C)cc1CNC(=O)c1cc(-c2ccc(Cl)c(Cl)c2)n[nH]1. The van der Waals surface area contributed by atoms with Gasteiger partial charge in [0.15, 0.2) is 0 Å². The van der Waals surface area contributed by atoms with Gasteiger partial charge in [0.1, 0.15) is 5.69 Å². The third kappa shape index (κ3) is 3.44. The van der Waals surface area contributed by atoms with Crippen molar-refractivity contribution in [1.82, 2.24) is 25.3 Å². The molecule has 0 radical (unpaired) electrons. The first-order valence-corrected chi connectivity index (χ1v) is 7.98. The third-order valence-electron chi connectivity index (χ3n) is 3.59. The van der Waals surface area contributed by atoms with Crippen molar-refractivity contribution in [3.8, 4) is 11.3 Å². The molecule has 3 rings (SSSR count). The summed E-state index contributed by atoms with van der Waals surface area (Å²) in [4.78, 5) is 12.2. The van der Waals surface area contributed by atoms with Crippen LogP contribution in [0.2, 0.25) is 10.0 Å². The fourth-order valence-electron chi connectivity index (χ4n) is 2.33. The first-order valence-electron chi connectivity index (χ1n) is 7.22. The zero-order valence-electron chi connectivity index (χ0n) is 13.1. The molecular formula is C16H15Cl2N5O. The minimum Gasteiger partial charge on any atom is -0.347 e. The highest BCUT2D eigenvalue weighted by atomic mass is 35.5. The Morgan fingerprint density at radius 3 is 2.75 bits per heavy atom. The molecule has 0 saturated heterocycles. The molecule has 0 aliphatic rings. The second kappa shape index (κ2) is 6.67. The van der Waals surface area contributed by atoms with Crippen molar-refractivity contribution in [3.63, 3.8) is 0 Å². The smallest absolute Gasteiger partial charge is 0.269 e. The average Bonchev–Trinajstić information content (AvgIpc) is 3.14. The van der Waals surface area contributed by atoms with Gasteiger partial charge in [-0.15, -0.1) is 0 Å². The van der Waals surface area contributed by atoms with E-state index in [0.717, 1.165) is 16.8 Å². The summed E-state index contributed by atoms with van der Waals surface area (Å²) < 4.78 is 1.72. The summed E-state index contributed by atoms with van der Waals surface area (Å²) in [6, 6.07) is 6.87. The van der Waals surface area contributed by atoms with E-state index in [4.69, 9.17) is 23.2 Å². The lowest BCUT2D eigenvalue weighted by molar-refractivity contribution is 0.0946. The standard InChI is InChI=1S/C16H15Cl2N5O/c1-9-11(8-23(2)22-9)7-19-16(24)15-6-14(20-21-15)10-3-4-12(17)13(18)5-10/h3-6,8H,7H2,1-2H3,(H,19,24)(H,20,21).